The fraction of sp³-hybridized carbons (Fsp3) is 0.822. The van der Waals surface area contributed by atoms with Gasteiger partial charge in [-0.05, 0) is 101 Å². The first-order valence-corrected chi connectivity index (χ1v) is 21.7. The lowest BCUT2D eigenvalue weighted by Gasteiger charge is -2.32. The topological polar surface area (TPSA) is 85.4 Å². The SMILES string of the molecule is C=C=C=C=C1C(CCCCC)CCOC(=O)CCCCCCCC(OC(=O)CN2CCN(C)CC2)CCCCCCCC(=O)OCCC1CCCCC. The number of ether oxygens (including phenoxy) is 3. The summed E-state index contributed by atoms with van der Waals surface area (Å²) in [7, 11) is 2.12. The summed E-state index contributed by atoms with van der Waals surface area (Å²) in [4.78, 5) is 42.9. The van der Waals surface area contributed by atoms with Crippen molar-refractivity contribution in [2.75, 3.05) is 53.0 Å². The van der Waals surface area contributed by atoms with Crippen molar-refractivity contribution in [2.24, 2.45) is 11.8 Å². The summed E-state index contributed by atoms with van der Waals surface area (Å²) in [6.07, 6.45) is 22.9. The molecule has 2 fully saturated rings. The molecule has 0 aromatic rings. The lowest BCUT2D eigenvalue weighted by molar-refractivity contribution is -0.151. The van der Waals surface area contributed by atoms with E-state index in [1.807, 2.05) is 0 Å². The van der Waals surface area contributed by atoms with Gasteiger partial charge in [0.2, 0.25) is 0 Å². The highest BCUT2D eigenvalue weighted by Gasteiger charge is 2.24. The second-order valence-corrected chi connectivity index (χ2v) is 15.6. The van der Waals surface area contributed by atoms with Gasteiger partial charge in [-0.25, -0.2) is 0 Å². The van der Waals surface area contributed by atoms with E-state index in [0.717, 1.165) is 167 Å². The van der Waals surface area contributed by atoms with E-state index in [1.165, 1.54) is 5.57 Å². The molecule has 0 bridgehead atoms. The number of likely N-dealkylation sites (N-methyl/N-ethyl adjacent to an activating group) is 1. The first-order chi connectivity index (χ1) is 25.9. The van der Waals surface area contributed by atoms with Crippen LogP contribution in [0.2, 0.25) is 0 Å². The maximum atomic E-state index is 12.9. The van der Waals surface area contributed by atoms with Crippen molar-refractivity contribution in [1.82, 2.24) is 9.80 Å². The van der Waals surface area contributed by atoms with Gasteiger partial charge < -0.3 is 19.1 Å². The van der Waals surface area contributed by atoms with Gasteiger partial charge in [0.05, 0.1) is 19.8 Å². The van der Waals surface area contributed by atoms with Crippen molar-refractivity contribution in [3.8, 4) is 0 Å². The standard InChI is InChI=1S/C45H76N2O6/c1-5-8-17-23-39-30-36-51-43(48)28-21-15-11-13-19-25-41(53-45(50)38-47-34-32-46(4)33-35-47)26-20-14-12-16-22-29-44(49)52-37-31-40(24-18-9-6-2)42(39)27-10-7-3/h39-41H,3,5-6,8-9,11-26,28-38H2,1-2,4H3. The molecule has 0 aromatic carbocycles. The van der Waals surface area contributed by atoms with Crippen LogP contribution in [-0.4, -0.2) is 86.8 Å². The van der Waals surface area contributed by atoms with E-state index in [-0.39, 0.29) is 35.8 Å². The third-order valence-electron chi connectivity index (χ3n) is 11.0. The maximum Gasteiger partial charge on any atom is 0.320 e. The molecular formula is C45H76N2O6. The number of unbranched alkanes of at least 4 members (excludes halogenated alkanes) is 4. The number of esters is 3. The Morgan fingerprint density at radius 1 is 0.717 bits per heavy atom. The minimum Gasteiger partial charge on any atom is -0.466 e. The average Bonchev–Trinajstić information content (AvgIpc) is 3.14. The van der Waals surface area contributed by atoms with Crippen molar-refractivity contribution < 1.29 is 28.6 Å². The van der Waals surface area contributed by atoms with Crippen molar-refractivity contribution in [3.05, 3.63) is 29.3 Å². The third kappa shape index (κ3) is 23.1. The van der Waals surface area contributed by atoms with E-state index in [2.05, 4.69) is 54.5 Å². The van der Waals surface area contributed by atoms with Crippen LogP contribution >= 0.6 is 0 Å². The van der Waals surface area contributed by atoms with Gasteiger partial charge in [0.15, 0.2) is 0 Å². The minimum atomic E-state index is -0.121. The number of rotatable bonds is 11. The second kappa shape index (κ2) is 30.7. The number of hydrogen-bond donors (Lipinski definition) is 0. The average molecular weight is 741 g/mol. The largest absolute Gasteiger partial charge is 0.466 e. The summed E-state index contributed by atoms with van der Waals surface area (Å²) in [6, 6.07) is 0. The van der Waals surface area contributed by atoms with Crippen molar-refractivity contribution >= 4 is 17.9 Å². The lowest BCUT2D eigenvalue weighted by Crippen LogP contribution is -2.46. The lowest BCUT2D eigenvalue weighted by atomic mass is 9.79. The predicted molar refractivity (Wildman–Crippen MR) is 215 cm³/mol. The van der Waals surface area contributed by atoms with Crippen LogP contribution in [0.25, 0.3) is 0 Å². The maximum absolute atomic E-state index is 12.9. The monoisotopic (exact) mass is 741 g/mol. The van der Waals surface area contributed by atoms with Gasteiger partial charge in [0, 0.05) is 39.0 Å². The molecule has 2 saturated heterocycles. The van der Waals surface area contributed by atoms with E-state index in [9.17, 15) is 14.4 Å². The Balaban J connectivity index is 2.05. The first kappa shape index (κ1) is 46.6. The van der Waals surface area contributed by atoms with E-state index >= 15 is 0 Å². The van der Waals surface area contributed by atoms with E-state index in [1.54, 1.807) is 0 Å². The number of carbonyl (C=O) groups excluding carboxylic acids is 3. The number of piperazine rings is 1. The summed E-state index contributed by atoms with van der Waals surface area (Å²) in [6.45, 7) is 13.1. The molecule has 0 aromatic heterocycles. The zero-order valence-electron chi connectivity index (χ0n) is 34.2. The smallest absolute Gasteiger partial charge is 0.320 e. The van der Waals surface area contributed by atoms with Gasteiger partial charge in [0.1, 0.15) is 6.10 Å². The van der Waals surface area contributed by atoms with Crippen LogP contribution in [-0.2, 0) is 28.6 Å². The highest BCUT2D eigenvalue weighted by molar-refractivity contribution is 5.72. The number of cyclic esters (lactones) is 2. The highest BCUT2D eigenvalue weighted by atomic mass is 16.5. The third-order valence-corrected chi connectivity index (χ3v) is 11.0. The molecule has 2 aliphatic rings. The summed E-state index contributed by atoms with van der Waals surface area (Å²) in [5.41, 5.74) is 10.4. The predicted octanol–water partition coefficient (Wildman–Crippen LogP) is 9.90. The van der Waals surface area contributed by atoms with Crippen molar-refractivity contribution in [1.29, 1.82) is 0 Å². The summed E-state index contributed by atoms with van der Waals surface area (Å²) in [5.74, 6) is 0.0825. The molecule has 2 rings (SSSR count). The number of allylic oxidation sites excluding steroid dienone is 1. The quantitative estimate of drug-likeness (QED) is 0.0896. The summed E-state index contributed by atoms with van der Waals surface area (Å²) >= 11 is 0. The molecule has 8 heteroatoms. The number of nitrogens with zero attached hydrogens (tertiary/aromatic N) is 2. The Hall–Kier alpha value is -2.59. The van der Waals surface area contributed by atoms with Gasteiger partial charge in [0.25, 0.3) is 0 Å². The van der Waals surface area contributed by atoms with Crippen LogP contribution in [0.4, 0.5) is 0 Å². The molecule has 2 unspecified atom stereocenters. The van der Waals surface area contributed by atoms with Crippen LogP contribution < -0.4 is 0 Å². The Morgan fingerprint density at radius 3 is 1.70 bits per heavy atom. The first-order valence-electron chi connectivity index (χ1n) is 21.7. The van der Waals surface area contributed by atoms with Crippen LogP contribution in [0.15, 0.2) is 29.3 Å². The van der Waals surface area contributed by atoms with Crippen LogP contribution in [0.1, 0.15) is 168 Å². The van der Waals surface area contributed by atoms with E-state index in [0.29, 0.717) is 32.6 Å². The molecule has 2 atom stereocenters. The minimum absolute atomic E-state index is 0.0475. The molecule has 302 valence electrons. The summed E-state index contributed by atoms with van der Waals surface area (Å²) < 4.78 is 17.6. The Kier molecular flexibility index (Phi) is 27.0. The molecule has 0 radical (unpaired) electrons. The molecule has 0 saturated carbocycles. The van der Waals surface area contributed by atoms with Crippen LogP contribution in [0.5, 0.6) is 0 Å². The van der Waals surface area contributed by atoms with E-state index < -0.39 is 0 Å². The zero-order valence-corrected chi connectivity index (χ0v) is 34.2. The molecule has 0 spiro atoms. The Labute approximate surface area is 323 Å². The van der Waals surface area contributed by atoms with Crippen molar-refractivity contribution in [2.45, 2.75) is 174 Å². The number of hydrogen-bond acceptors (Lipinski definition) is 8. The second-order valence-electron chi connectivity index (χ2n) is 15.6. The van der Waals surface area contributed by atoms with E-state index in [4.69, 9.17) is 14.2 Å². The molecule has 53 heavy (non-hydrogen) atoms. The molecule has 2 heterocycles. The molecule has 2 aliphatic heterocycles. The fourth-order valence-electron chi connectivity index (χ4n) is 7.64. The highest BCUT2D eigenvalue weighted by Crippen LogP contribution is 2.33. The van der Waals surface area contributed by atoms with Gasteiger partial charge in [-0.1, -0.05) is 102 Å². The van der Waals surface area contributed by atoms with Crippen LogP contribution in [0.3, 0.4) is 0 Å². The fourth-order valence-corrected chi connectivity index (χ4v) is 7.64. The van der Waals surface area contributed by atoms with Gasteiger partial charge in [-0.2, -0.15) is 0 Å². The van der Waals surface area contributed by atoms with Gasteiger partial charge in [-0.3, -0.25) is 19.3 Å². The molecule has 8 nitrogen and oxygen atoms in total. The normalized spacial score (nSPS) is 23.8. The molecule has 0 aliphatic carbocycles. The van der Waals surface area contributed by atoms with Crippen molar-refractivity contribution in [3.63, 3.8) is 0 Å². The summed E-state index contributed by atoms with van der Waals surface area (Å²) in [5, 5.41) is 0. The molecule has 0 amide bonds. The van der Waals surface area contributed by atoms with Crippen LogP contribution in [0, 0.1) is 11.8 Å². The van der Waals surface area contributed by atoms with Gasteiger partial charge >= 0.3 is 17.9 Å². The molecule has 0 N–H and O–H groups in total. The zero-order chi connectivity index (χ0) is 38.4. The Morgan fingerprint density at radius 2 is 1.21 bits per heavy atom. The Bertz CT molecular complexity index is 1080. The molecular weight excluding hydrogens is 665 g/mol. The van der Waals surface area contributed by atoms with Gasteiger partial charge in [-0.15, -0.1) is 0 Å². The number of carbonyl (C=O) groups is 3.